The zero-order chi connectivity index (χ0) is 17.5. The molecule has 24 heavy (non-hydrogen) atoms. The molecule has 1 unspecified atom stereocenters. The van der Waals surface area contributed by atoms with Crippen molar-refractivity contribution in [1.82, 2.24) is 0 Å². The van der Waals surface area contributed by atoms with Crippen molar-refractivity contribution >= 4 is 5.78 Å². The topological polar surface area (TPSA) is 76.0 Å². The zero-order valence-electron chi connectivity index (χ0n) is 14.7. The molecule has 0 aromatic carbocycles. The second-order valence-corrected chi connectivity index (χ2v) is 7.43. The van der Waals surface area contributed by atoms with Crippen LogP contribution >= 0.6 is 0 Å². The first-order valence-electron chi connectivity index (χ1n) is 8.90. The van der Waals surface area contributed by atoms with E-state index in [1.807, 2.05) is 13.0 Å². The molecule has 0 aliphatic heterocycles. The third kappa shape index (κ3) is 2.54. The molecule has 134 valence electrons. The van der Waals surface area contributed by atoms with E-state index in [9.17, 15) is 15.0 Å². The van der Waals surface area contributed by atoms with Gasteiger partial charge in [0.05, 0.1) is 18.8 Å². The quantitative estimate of drug-likeness (QED) is 0.819. The number of hydrogen-bond donors (Lipinski definition) is 2. The van der Waals surface area contributed by atoms with Crippen LogP contribution in [-0.4, -0.2) is 48.5 Å². The maximum absolute atomic E-state index is 12.4. The molecule has 0 aromatic rings. The van der Waals surface area contributed by atoms with E-state index in [1.54, 1.807) is 13.2 Å². The van der Waals surface area contributed by atoms with Gasteiger partial charge >= 0.3 is 0 Å². The number of allylic oxidation sites excluding steroid dienone is 3. The van der Waals surface area contributed by atoms with Gasteiger partial charge in [-0.15, -0.1) is 0 Å². The average Bonchev–Trinajstić information content (AvgIpc) is 2.55. The molecule has 0 amide bonds. The molecule has 0 bridgehead atoms. The Labute approximate surface area is 143 Å². The number of aliphatic hydroxyl groups is 2. The Balaban J connectivity index is 2.12. The van der Waals surface area contributed by atoms with Gasteiger partial charge in [0.25, 0.3) is 0 Å². The second kappa shape index (κ2) is 6.62. The number of methoxy groups -OCH3 is 1. The molecule has 3 rings (SSSR count). The highest BCUT2D eigenvalue weighted by molar-refractivity contribution is 6.04. The van der Waals surface area contributed by atoms with E-state index in [4.69, 9.17) is 9.47 Å². The number of carbonyl (C=O) groups excluding carboxylic acids is 1. The molecule has 0 radical (unpaired) electrons. The number of rotatable bonds is 4. The molecular formula is C19H28O5. The largest absolute Gasteiger partial charge is 0.490 e. The van der Waals surface area contributed by atoms with E-state index in [-0.39, 0.29) is 23.5 Å². The molecule has 5 nitrogen and oxygen atoms in total. The molecule has 3 aliphatic carbocycles. The minimum Gasteiger partial charge on any atom is -0.490 e. The minimum atomic E-state index is -0.795. The third-order valence-corrected chi connectivity index (χ3v) is 6.13. The highest BCUT2D eigenvalue weighted by Crippen LogP contribution is 2.60. The molecule has 2 saturated carbocycles. The summed E-state index contributed by atoms with van der Waals surface area (Å²) in [6.45, 7) is 4.99. The van der Waals surface area contributed by atoms with Crippen LogP contribution in [0.5, 0.6) is 0 Å². The lowest BCUT2D eigenvalue weighted by Crippen LogP contribution is -2.57. The predicted octanol–water partition coefficient (Wildman–Crippen LogP) is 1.84. The smallest absolute Gasteiger partial charge is 0.220 e. The summed E-state index contributed by atoms with van der Waals surface area (Å²) in [4.78, 5) is 12.4. The Hall–Kier alpha value is -1.17. The van der Waals surface area contributed by atoms with Crippen LogP contribution in [0.3, 0.4) is 0 Å². The number of aliphatic hydroxyl groups excluding tert-OH is 2. The second-order valence-electron chi connectivity index (χ2n) is 7.43. The van der Waals surface area contributed by atoms with Crippen LogP contribution in [0.4, 0.5) is 0 Å². The van der Waals surface area contributed by atoms with Gasteiger partial charge in [-0.25, -0.2) is 0 Å². The van der Waals surface area contributed by atoms with Gasteiger partial charge in [-0.05, 0) is 49.7 Å². The van der Waals surface area contributed by atoms with Crippen molar-refractivity contribution < 1.29 is 24.5 Å². The Kier molecular flexibility index (Phi) is 4.87. The number of ether oxygens (including phenoxy) is 2. The summed E-state index contributed by atoms with van der Waals surface area (Å²) >= 11 is 0. The summed E-state index contributed by atoms with van der Waals surface area (Å²) in [6, 6.07) is 0. The van der Waals surface area contributed by atoms with Crippen LogP contribution in [0.25, 0.3) is 0 Å². The van der Waals surface area contributed by atoms with E-state index in [2.05, 4.69) is 6.92 Å². The fourth-order valence-electron chi connectivity index (χ4n) is 5.16. The molecule has 6 atom stereocenters. The molecule has 2 fully saturated rings. The molecule has 0 aromatic heterocycles. The van der Waals surface area contributed by atoms with Gasteiger partial charge in [-0.3, -0.25) is 4.79 Å². The fourth-order valence-corrected chi connectivity index (χ4v) is 5.16. The highest BCUT2D eigenvalue weighted by atomic mass is 16.5. The van der Waals surface area contributed by atoms with Gasteiger partial charge in [0, 0.05) is 25.0 Å². The van der Waals surface area contributed by atoms with E-state index >= 15 is 0 Å². The van der Waals surface area contributed by atoms with Gasteiger partial charge < -0.3 is 19.7 Å². The first kappa shape index (κ1) is 17.6. The van der Waals surface area contributed by atoms with E-state index in [0.29, 0.717) is 25.4 Å². The van der Waals surface area contributed by atoms with Crippen LogP contribution < -0.4 is 0 Å². The van der Waals surface area contributed by atoms with Crippen molar-refractivity contribution in [2.45, 2.75) is 45.3 Å². The summed E-state index contributed by atoms with van der Waals surface area (Å²) in [5.41, 5.74) is 0.593. The van der Waals surface area contributed by atoms with Crippen molar-refractivity contribution in [3.05, 3.63) is 23.5 Å². The van der Waals surface area contributed by atoms with Gasteiger partial charge in [0.15, 0.2) is 5.76 Å². The number of carbonyl (C=O) groups is 1. The first-order chi connectivity index (χ1) is 11.5. The molecule has 0 saturated heterocycles. The summed E-state index contributed by atoms with van der Waals surface area (Å²) in [5, 5.41) is 21.0. The highest BCUT2D eigenvalue weighted by Gasteiger charge is 2.58. The first-order valence-corrected chi connectivity index (χ1v) is 8.90. The lowest BCUT2D eigenvalue weighted by molar-refractivity contribution is -0.126. The van der Waals surface area contributed by atoms with E-state index in [1.165, 1.54) is 0 Å². The molecule has 5 heteroatoms. The average molecular weight is 336 g/mol. The van der Waals surface area contributed by atoms with Crippen molar-refractivity contribution in [3.63, 3.8) is 0 Å². The molecule has 3 aliphatic rings. The fraction of sp³-hybridized carbons (Fsp3) is 0.737. The number of ketones is 1. The predicted molar refractivity (Wildman–Crippen MR) is 89.1 cm³/mol. The van der Waals surface area contributed by atoms with Crippen LogP contribution in [0.2, 0.25) is 0 Å². The summed E-state index contributed by atoms with van der Waals surface area (Å²) in [5.74, 6) is 0.576. The molecule has 2 N–H and O–H groups in total. The summed E-state index contributed by atoms with van der Waals surface area (Å²) in [7, 11) is 1.67. The van der Waals surface area contributed by atoms with Crippen LogP contribution in [0.15, 0.2) is 23.5 Å². The lowest BCUT2D eigenvalue weighted by atomic mass is 9.48. The zero-order valence-corrected chi connectivity index (χ0v) is 14.7. The van der Waals surface area contributed by atoms with Gasteiger partial charge in [-0.1, -0.05) is 13.0 Å². The Morgan fingerprint density at radius 2 is 2.08 bits per heavy atom. The molecule has 0 heterocycles. The molecule has 1 spiro atoms. The molecular weight excluding hydrogens is 308 g/mol. The lowest BCUT2D eigenvalue weighted by Gasteiger charge is -2.57. The third-order valence-electron chi connectivity index (χ3n) is 6.13. The summed E-state index contributed by atoms with van der Waals surface area (Å²) in [6.07, 6.45) is 4.09. The monoisotopic (exact) mass is 336 g/mol. The maximum atomic E-state index is 12.4. The van der Waals surface area contributed by atoms with Crippen molar-refractivity contribution in [2.75, 3.05) is 20.3 Å². The van der Waals surface area contributed by atoms with Gasteiger partial charge in [0.2, 0.25) is 5.78 Å². The maximum Gasteiger partial charge on any atom is 0.220 e. The van der Waals surface area contributed by atoms with Crippen LogP contribution in [-0.2, 0) is 14.3 Å². The van der Waals surface area contributed by atoms with Crippen LogP contribution in [0.1, 0.15) is 33.1 Å². The summed E-state index contributed by atoms with van der Waals surface area (Å²) < 4.78 is 11.1. The van der Waals surface area contributed by atoms with E-state index in [0.717, 1.165) is 18.4 Å². The Morgan fingerprint density at radius 1 is 1.33 bits per heavy atom. The standard InChI is InChI=1S/C19H28O5/c1-4-24-18-14-9-12(10-23-3)8-13-17(22)16(21)7-11(2)19(13,14)6-5-15(18)20/h5-6,11-13,16-17,21-22H,4,7-10H2,1-3H3/t11-,12-,13-,16+,17-,19?/m1/s1. The minimum absolute atomic E-state index is 0.0953. The Bertz CT molecular complexity index is 566. The van der Waals surface area contributed by atoms with Gasteiger partial charge in [-0.2, -0.15) is 0 Å². The van der Waals surface area contributed by atoms with E-state index < -0.39 is 17.6 Å². The van der Waals surface area contributed by atoms with Crippen molar-refractivity contribution in [3.8, 4) is 0 Å². The van der Waals surface area contributed by atoms with Crippen molar-refractivity contribution in [2.24, 2.45) is 23.2 Å². The van der Waals surface area contributed by atoms with Gasteiger partial charge in [0.1, 0.15) is 0 Å². The Morgan fingerprint density at radius 3 is 2.75 bits per heavy atom. The normalized spacial score (nSPS) is 41.9. The SMILES string of the molecule is CCOC1=C2C[C@H](COC)C[C@@H]3[C@@H](O)[C@@H](O)C[C@@H](C)C23C=CC1=O. The number of hydrogen-bond acceptors (Lipinski definition) is 5. The van der Waals surface area contributed by atoms with Crippen LogP contribution in [0, 0.1) is 23.2 Å². The van der Waals surface area contributed by atoms with Crippen molar-refractivity contribution in [1.29, 1.82) is 0 Å².